The second-order valence-corrected chi connectivity index (χ2v) is 20.3. The molecule has 0 aliphatic heterocycles. The van der Waals surface area contributed by atoms with Crippen LogP contribution in [0.1, 0.15) is 226 Å². The van der Waals surface area contributed by atoms with Crippen LogP contribution in [0.4, 0.5) is 0 Å². The first-order valence-corrected chi connectivity index (χ1v) is 28.0. The number of allylic oxidation sites excluding steroid dienone is 10. The lowest BCUT2D eigenvalue weighted by Crippen LogP contribution is -2.37. The van der Waals surface area contributed by atoms with Gasteiger partial charge in [-0.25, -0.2) is 4.57 Å². The Morgan fingerprint density at radius 3 is 1.36 bits per heavy atom. The van der Waals surface area contributed by atoms with E-state index < -0.39 is 13.9 Å². The van der Waals surface area contributed by atoms with E-state index in [1.165, 1.54) is 135 Å². The number of nitrogens with zero attached hydrogens (tertiary/aromatic N) is 1. The van der Waals surface area contributed by atoms with E-state index in [-0.39, 0.29) is 25.8 Å². The SMILES string of the molecule is CC/C=C\C/C=C\C/C=C\C/C=C\C/C=C\CCCCCCCCCCCC(=O)OC(COCCCCCCCCCCCCCCCCCCC)COP(=O)(O)OCC[N+](C)(C)C. The van der Waals surface area contributed by atoms with Crippen LogP contribution in [-0.2, 0) is 27.9 Å². The highest BCUT2D eigenvalue weighted by Gasteiger charge is 2.26. The Morgan fingerprint density at radius 2 is 0.906 bits per heavy atom. The van der Waals surface area contributed by atoms with Crippen molar-refractivity contribution in [2.45, 2.75) is 232 Å². The summed E-state index contributed by atoms with van der Waals surface area (Å²) in [7, 11) is 1.67. The van der Waals surface area contributed by atoms with Crippen molar-refractivity contribution < 1.29 is 37.3 Å². The van der Waals surface area contributed by atoms with E-state index in [0.29, 0.717) is 24.1 Å². The van der Waals surface area contributed by atoms with Crippen LogP contribution < -0.4 is 0 Å². The second kappa shape index (κ2) is 47.7. The van der Waals surface area contributed by atoms with Crippen molar-refractivity contribution in [1.29, 1.82) is 0 Å². The molecule has 0 heterocycles. The highest BCUT2D eigenvalue weighted by Crippen LogP contribution is 2.43. The van der Waals surface area contributed by atoms with E-state index >= 15 is 0 Å². The summed E-state index contributed by atoms with van der Waals surface area (Å²) in [4.78, 5) is 23.0. The number of ether oxygens (including phenoxy) is 2. The van der Waals surface area contributed by atoms with Gasteiger partial charge in [0.25, 0.3) is 0 Å². The molecule has 2 unspecified atom stereocenters. The van der Waals surface area contributed by atoms with Crippen LogP contribution in [0.5, 0.6) is 0 Å². The second-order valence-electron chi connectivity index (χ2n) is 18.9. The highest BCUT2D eigenvalue weighted by atomic mass is 31.2. The lowest BCUT2D eigenvalue weighted by molar-refractivity contribution is -0.870. The molecule has 8 nitrogen and oxygen atoms in total. The third-order valence-corrected chi connectivity index (χ3v) is 12.3. The van der Waals surface area contributed by atoms with E-state index in [2.05, 4.69) is 74.6 Å². The quantitative estimate of drug-likeness (QED) is 0.0214. The van der Waals surface area contributed by atoms with Gasteiger partial charge in [-0.3, -0.25) is 13.8 Å². The number of hydrogen-bond acceptors (Lipinski definition) is 6. The van der Waals surface area contributed by atoms with Gasteiger partial charge in [-0.2, -0.15) is 0 Å². The van der Waals surface area contributed by atoms with Gasteiger partial charge in [0, 0.05) is 13.0 Å². The zero-order valence-corrected chi connectivity index (χ0v) is 43.4. The molecule has 0 aliphatic carbocycles. The summed E-state index contributed by atoms with van der Waals surface area (Å²) in [6, 6.07) is 0. The summed E-state index contributed by atoms with van der Waals surface area (Å²) in [5.41, 5.74) is 0. The zero-order chi connectivity index (χ0) is 46.9. The van der Waals surface area contributed by atoms with Crippen molar-refractivity contribution in [3.63, 3.8) is 0 Å². The Bertz CT molecular complexity index is 1210. The molecule has 0 aliphatic rings. The smallest absolute Gasteiger partial charge is 0.457 e. The van der Waals surface area contributed by atoms with Gasteiger partial charge in [0.15, 0.2) is 0 Å². The molecule has 0 saturated carbocycles. The number of likely N-dealkylation sites (N-methyl/N-ethyl adjacent to an activating group) is 1. The van der Waals surface area contributed by atoms with Crippen LogP contribution >= 0.6 is 7.82 Å². The fourth-order valence-corrected chi connectivity index (χ4v) is 8.03. The molecule has 374 valence electrons. The molecule has 9 heteroatoms. The van der Waals surface area contributed by atoms with Gasteiger partial charge in [-0.05, 0) is 57.8 Å². The van der Waals surface area contributed by atoms with Crippen molar-refractivity contribution in [2.75, 3.05) is 54.1 Å². The van der Waals surface area contributed by atoms with Crippen LogP contribution in [-0.4, -0.2) is 75.6 Å². The van der Waals surface area contributed by atoms with Gasteiger partial charge in [-0.1, -0.05) is 222 Å². The molecular formula is C55H103NO7P+. The summed E-state index contributed by atoms with van der Waals surface area (Å²) in [6.45, 7) is 5.53. The number of phosphoric ester groups is 1. The number of phosphoric acid groups is 1. The third-order valence-electron chi connectivity index (χ3n) is 11.3. The van der Waals surface area contributed by atoms with Gasteiger partial charge >= 0.3 is 13.8 Å². The topological polar surface area (TPSA) is 91.3 Å². The van der Waals surface area contributed by atoms with E-state index in [1.807, 2.05) is 21.1 Å². The van der Waals surface area contributed by atoms with Gasteiger partial charge in [0.1, 0.15) is 19.3 Å². The summed E-state index contributed by atoms with van der Waals surface area (Å²) in [6.07, 6.45) is 61.2. The monoisotopic (exact) mass is 921 g/mol. The number of esters is 1. The minimum Gasteiger partial charge on any atom is -0.457 e. The lowest BCUT2D eigenvalue weighted by atomic mass is 10.0. The Balaban J connectivity index is 4.12. The first-order chi connectivity index (χ1) is 31.1. The third kappa shape index (κ3) is 51.2. The van der Waals surface area contributed by atoms with Gasteiger partial charge in [-0.15, -0.1) is 0 Å². The van der Waals surface area contributed by atoms with E-state index in [4.69, 9.17) is 18.5 Å². The first-order valence-electron chi connectivity index (χ1n) is 26.5. The number of unbranched alkanes of at least 4 members (excludes halogenated alkanes) is 25. The Morgan fingerprint density at radius 1 is 0.500 bits per heavy atom. The average molecular weight is 921 g/mol. The summed E-state index contributed by atoms with van der Waals surface area (Å²) < 4.78 is 35.2. The van der Waals surface area contributed by atoms with Gasteiger partial charge < -0.3 is 18.9 Å². The molecule has 0 radical (unpaired) electrons. The Hall–Kier alpha value is -1.80. The largest absolute Gasteiger partial charge is 0.472 e. The highest BCUT2D eigenvalue weighted by molar-refractivity contribution is 7.47. The molecule has 0 fully saturated rings. The molecule has 0 rings (SSSR count). The number of carbonyl (C=O) groups excluding carboxylic acids is 1. The van der Waals surface area contributed by atoms with Crippen LogP contribution in [0.3, 0.4) is 0 Å². The van der Waals surface area contributed by atoms with Crippen molar-refractivity contribution in [3.8, 4) is 0 Å². The Kier molecular flexibility index (Phi) is 46.3. The molecule has 0 aromatic carbocycles. The van der Waals surface area contributed by atoms with E-state index in [1.54, 1.807) is 0 Å². The molecule has 0 aromatic rings. The maximum absolute atomic E-state index is 12.8. The minimum absolute atomic E-state index is 0.0867. The number of hydrogen-bond donors (Lipinski definition) is 1. The molecule has 2 atom stereocenters. The van der Waals surface area contributed by atoms with Gasteiger partial charge in [0.05, 0.1) is 34.4 Å². The molecule has 0 spiro atoms. The lowest BCUT2D eigenvalue weighted by Gasteiger charge is -2.24. The molecule has 0 amide bonds. The molecule has 0 aromatic heterocycles. The van der Waals surface area contributed by atoms with Gasteiger partial charge in [0.2, 0.25) is 0 Å². The van der Waals surface area contributed by atoms with Crippen LogP contribution in [0.2, 0.25) is 0 Å². The number of rotatable bonds is 49. The maximum atomic E-state index is 12.8. The zero-order valence-electron chi connectivity index (χ0n) is 42.5. The summed E-state index contributed by atoms with van der Waals surface area (Å²) in [5, 5.41) is 0. The summed E-state index contributed by atoms with van der Waals surface area (Å²) in [5.74, 6) is -0.318. The average Bonchev–Trinajstić information content (AvgIpc) is 3.25. The first kappa shape index (κ1) is 62.2. The predicted octanol–water partition coefficient (Wildman–Crippen LogP) is 16.4. The fraction of sp³-hybridized carbons (Fsp3) is 0.800. The van der Waals surface area contributed by atoms with Crippen molar-refractivity contribution in [2.24, 2.45) is 0 Å². The van der Waals surface area contributed by atoms with Crippen molar-refractivity contribution in [3.05, 3.63) is 60.8 Å². The molecule has 64 heavy (non-hydrogen) atoms. The van der Waals surface area contributed by atoms with E-state index in [9.17, 15) is 14.3 Å². The summed E-state index contributed by atoms with van der Waals surface area (Å²) >= 11 is 0. The molecule has 0 bridgehead atoms. The number of quaternary nitrogens is 1. The normalized spacial score (nSPS) is 14.0. The Labute approximate surface area is 396 Å². The fourth-order valence-electron chi connectivity index (χ4n) is 7.29. The van der Waals surface area contributed by atoms with Crippen LogP contribution in [0, 0.1) is 0 Å². The predicted molar refractivity (Wildman–Crippen MR) is 275 cm³/mol. The van der Waals surface area contributed by atoms with Crippen LogP contribution in [0.25, 0.3) is 0 Å². The number of carbonyl (C=O) groups is 1. The molecule has 0 saturated heterocycles. The minimum atomic E-state index is -4.28. The maximum Gasteiger partial charge on any atom is 0.472 e. The van der Waals surface area contributed by atoms with Crippen molar-refractivity contribution in [1.82, 2.24) is 0 Å². The van der Waals surface area contributed by atoms with E-state index in [0.717, 1.165) is 70.6 Å². The van der Waals surface area contributed by atoms with Crippen molar-refractivity contribution >= 4 is 13.8 Å². The molecule has 1 N–H and O–H groups in total. The van der Waals surface area contributed by atoms with Crippen LogP contribution in [0.15, 0.2) is 60.8 Å². The standard InChI is InChI=1S/C55H102NO7P/c1-6-8-10-12-14-16-18-20-22-24-25-26-27-28-29-30-31-32-34-36-38-40-42-44-46-48-55(57)63-54(53-62-64(58,59)61-51-49-56(3,4)5)52-60-50-47-45-43-41-39-37-35-33-23-21-19-17-15-13-11-9-7-2/h8,10,14,16,20,22,25-26,28-29,54H,6-7,9,11-13,15,17-19,21,23-24,27,30-53H2,1-5H3/p+1/b10-8-,16-14-,22-20-,26-25-,29-28-. The molecular weight excluding hydrogens is 818 g/mol.